The largest absolute Gasteiger partial charge is 0.513 e. The van der Waals surface area contributed by atoms with Crippen LogP contribution in [0.2, 0.25) is 0 Å². The van der Waals surface area contributed by atoms with Crippen molar-refractivity contribution >= 4 is 24.2 Å². The highest BCUT2D eigenvalue weighted by molar-refractivity contribution is 5.81. The molecular formula is C26H39NO10. The molecule has 0 aliphatic heterocycles. The summed E-state index contributed by atoms with van der Waals surface area (Å²) in [4.78, 5) is 48.6. The second kappa shape index (κ2) is 15.0. The maximum atomic E-state index is 12.6. The van der Waals surface area contributed by atoms with Crippen molar-refractivity contribution in [1.82, 2.24) is 0 Å². The molecule has 208 valence electrons. The summed E-state index contributed by atoms with van der Waals surface area (Å²) in [6, 6.07) is 4.33. The van der Waals surface area contributed by atoms with Crippen LogP contribution in [0, 0.1) is 11.8 Å². The highest BCUT2D eigenvalue weighted by Gasteiger charge is 2.38. The second-order valence-electron chi connectivity index (χ2n) is 9.58. The number of ether oxygens (including phenoxy) is 6. The lowest BCUT2D eigenvalue weighted by Crippen LogP contribution is -2.53. The summed E-state index contributed by atoms with van der Waals surface area (Å²) < 4.78 is 30.8. The number of hydrogen-bond donors (Lipinski definition) is 1. The van der Waals surface area contributed by atoms with Crippen LogP contribution in [0.15, 0.2) is 18.2 Å². The SMILES string of the molecule is CCC(=O)O[C@@H](C)CC(N)(Cc1ccc(OC(=O)OCC(C)C)c(OC(=O)OCC(C)C)c1)C(=O)OC. The van der Waals surface area contributed by atoms with Gasteiger partial charge in [-0.2, -0.15) is 0 Å². The molecule has 0 aromatic heterocycles. The van der Waals surface area contributed by atoms with E-state index >= 15 is 0 Å². The Morgan fingerprint density at radius 1 is 0.892 bits per heavy atom. The fourth-order valence-corrected chi connectivity index (χ4v) is 3.19. The average molecular weight is 526 g/mol. The van der Waals surface area contributed by atoms with Crippen LogP contribution in [-0.2, 0) is 35.0 Å². The molecule has 11 nitrogen and oxygen atoms in total. The van der Waals surface area contributed by atoms with Crippen molar-refractivity contribution in [3.8, 4) is 11.5 Å². The third kappa shape index (κ3) is 11.5. The lowest BCUT2D eigenvalue weighted by atomic mass is 9.86. The first-order valence-corrected chi connectivity index (χ1v) is 12.2. The Bertz CT molecular complexity index is 930. The monoisotopic (exact) mass is 525 g/mol. The molecule has 0 heterocycles. The van der Waals surface area contributed by atoms with Gasteiger partial charge < -0.3 is 34.2 Å². The highest BCUT2D eigenvalue weighted by atomic mass is 16.7. The van der Waals surface area contributed by atoms with Gasteiger partial charge in [-0.25, -0.2) is 9.59 Å². The lowest BCUT2D eigenvalue weighted by molar-refractivity contribution is -0.154. The Morgan fingerprint density at radius 2 is 1.43 bits per heavy atom. The third-order valence-electron chi connectivity index (χ3n) is 4.85. The number of methoxy groups -OCH3 is 1. The summed E-state index contributed by atoms with van der Waals surface area (Å²) in [5, 5.41) is 0. The van der Waals surface area contributed by atoms with Crippen molar-refractivity contribution in [2.75, 3.05) is 20.3 Å². The molecule has 1 aromatic carbocycles. The van der Waals surface area contributed by atoms with E-state index in [-0.39, 0.29) is 55.8 Å². The first kappa shape index (κ1) is 31.7. The van der Waals surface area contributed by atoms with E-state index in [4.69, 9.17) is 34.2 Å². The van der Waals surface area contributed by atoms with Gasteiger partial charge in [0.05, 0.1) is 20.3 Å². The standard InChI is InChI=1S/C26H39NO10/c1-8-22(28)35-18(6)12-26(27,23(29)32-7)13-19-9-10-20(36-24(30)33-14-16(2)3)21(11-19)37-25(31)34-15-17(4)5/h9-11,16-18H,8,12-15,27H2,1-7H3/t18-,26?/m0/s1. The Hall–Kier alpha value is -3.34. The van der Waals surface area contributed by atoms with E-state index < -0.39 is 35.9 Å². The Labute approximate surface area is 217 Å². The van der Waals surface area contributed by atoms with Crippen LogP contribution in [0.5, 0.6) is 11.5 Å². The molecular weight excluding hydrogens is 486 g/mol. The highest BCUT2D eigenvalue weighted by Crippen LogP contribution is 2.31. The minimum Gasteiger partial charge on any atom is -0.468 e. The molecule has 0 aliphatic rings. The fourth-order valence-electron chi connectivity index (χ4n) is 3.19. The summed E-state index contributed by atoms with van der Waals surface area (Å²) in [5.41, 5.74) is 5.30. The topological polar surface area (TPSA) is 150 Å². The fraction of sp³-hybridized carbons (Fsp3) is 0.615. The Balaban J connectivity index is 3.23. The third-order valence-corrected chi connectivity index (χ3v) is 4.85. The summed E-state index contributed by atoms with van der Waals surface area (Å²) in [6.07, 6.45) is -2.57. The van der Waals surface area contributed by atoms with Crippen molar-refractivity contribution in [3.63, 3.8) is 0 Å². The zero-order chi connectivity index (χ0) is 28.2. The second-order valence-corrected chi connectivity index (χ2v) is 9.58. The first-order valence-electron chi connectivity index (χ1n) is 12.2. The molecule has 0 aliphatic carbocycles. The molecule has 37 heavy (non-hydrogen) atoms. The van der Waals surface area contributed by atoms with Crippen molar-refractivity contribution in [2.24, 2.45) is 17.6 Å². The molecule has 2 N–H and O–H groups in total. The van der Waals surface area contributed by atoms with Gasteiger partial charge >= 0.3 is 24.2 Å². The van der Waals surface area contributed by atoms with Gasteiger partial charge in [-0.3, -0.25) is 9.59 Å². The van der Waals surface area contributed by atoms with Crippen LogP contribution in [0.4, 0.5) is 9.59 Å². The van der Waals surface area contributed by atoms with Gasteiger partial charge in [0.15, 0.2) is 11.5 Å². The number of rotatable bonds is 13. The number of nitrogens with two attached hydrogens (primary N) is 1. The minimum atomic E-state index is -1.57. The van der Waals surface area contributed by atoms with Crippen molar-refractivity contribution < 1.29 is 47.6 Å². The van der Waals surface area contributed by atoms with Gasteiger partial charge in [-0.15, -0.1) is 0 Å². The summed E-state index contributed by atoms with van der Waals surface area (Å²) in [6.45, 7) is 11.0. The van der Waals surface area contributed by atoms with E-state index in [0.29, 0.717) is 5.56 Å². The van der Waals surface area contributed by atoms with Crippen LogP contribution >= 0.6 is 0 Å². The van der Waals surface area contributed by atoms with E-state index in [1.165, 1.54) is 19.2 Å². The van der Waals surface area contributed by atoms with Crippen LogP contribution in [0.25, 0.3) is 0 Å². The normalized spacial score (nSPS) is 13.4. The van der Waals surface area contributed by atoms with Gasteiger partial charge in [-0.1, -0.05) is 40.7 Å². The molecule has 0 bridgehead atoms. The first-order chi connectivity index (χ1) is 17.3. The predicted octanol–water partition coefficient (Wildman–Crippen LogP) is 4.17. The van der Waals surface area contributed by atoms with E-state index in [9.17, 15) is 19.2 Å². The molecule has 11 heteroatoms. The summed E-state index contributed by atoms with van der Waals surface area (Å²) in [5.74, 6) is -1.21. The van der Waals surface area contributed by atoms with Crippen molar-refractivity contribution in [3.05, 3.63) is 23.8 Å². The van der Waals surface area contributed by atoms with E-state index in [1.807, 2.05) is 27.7 Å². The average Bonchev–Trinajstić information content (AvgIpc) is 2.82. The van der Waals surface area contributed by atoms with Crippen LogP contribution in [0.1, 0.15) is 59.9 Å². The van der Waals surface area contributed by atoms with E-state index in [2.05, 4.69) is 0 Å². The molecule has 0 fully saturated rings. The number of carbonyl (C=O) groups excluding carboxylic acids is 4. The van der Waals surface area contributed by atoms with E-state index in [0.717, 1.165) is 0 Å². The quantitative estimate of drug-likeness (QED) is 0.224. The maximum absolute atomic E-state index is 12.6. The molecule has 1 aromatic rings. The van der Waals surface area contributed by atoms with Gasteiger partial charge in [-0.05, 0) is 36.5 Å². The molecule has 1 unspecified atom stereocenters. The molecule has 0 saturated heterocycles. The van der Waals surface area contributed by atoms with Crippen LogP contribution < -0.4 is 15.2 Å². The molecule has 0 amide bonds. The van der Waals surface area contributed by atoms with Crippen molar-refractivity contribution in [1.29, 1.82) is 0 Å². The van der Waals surface area contributed by atoms with Gasteiger partial charge in [0.25, 0.3) is 0 Å². The van der Waals surface area contributed by atoms with Crippen molar-refractivity contribution in [2.45, 2.75) is 72.4 Å². The number of benzene rings is 1. The zero-order valence-electron chi connectivity index (χ0n) is 22.7. The van der Waals surface area contributed by atoms with Crippen LogP contribution in [0.3, 0.4) is 0 Å². The Kier molecular flexibility index (Phi) is 12.9. The Morgan fingerprint density at radius 3 is 1.92 bits per heavy atom. The number of carbonyl (C=O) groups is 4. The number of esters is 2. The molecule has 0 radical (unpaired) electrons. The predicted molar refractivity (Wildman–Crippen MR) is 133 cm³/mol. The smallest absolute Gasteiger partial charge is 0.468 e. The molecule has 0 saturated carbocycles. The van der Waals surface area contributed by atoms with E-state index in [1.54, 1.807) is 19.9 Å². The molecule has 1 rings (SSSR count). The summed E-state index contributed by atoms with van der Waals surface area (Å²) in [7, 11) is 1.20. The van der Waals surface area contributed by atoms with Crippen LogP contribution in [-0.4, -0.2) is 56.2 Å². The van der Waals surface area contributed by atoms with Gasteiger partial charge in [0.2, 0.25) is 0 Å². The zero-order valence-corrected chi connectivity index (χ0v) is 22.7. The summed E-state index contributed by atoms with van der Waals surface area (Å²) >= 11 is 0. The van der Waals surface area contributed by atoms with Gasteiger partial charge in [0.1, 0.15) is 11.6 Å². The minimum absolute atomic E-state index is 0.0299. The number of hydrogen-bond acceptors (Lipinski definition) is 11. The maximum Gasteiger partial charge on any atom is 0.513 e. The molecule has 2 atom stereocenters. The lowest BCUT2D eigenvalue weighted by Gasteiger charge is -2.29. The molecule has 0 spiro atoms. The van der Waals surface area contributed by atoms with Gasteiger partial charge in [0, 0.05) is 19.3 Å².